The van der Waals surface area contributed by atoms with E-state index in [0.29, 0.717) is 36.0 Å². The fraction of sp³-hybridized carbons (Fsp3) is 0.579. The Morgan fingerprint density at radius 3 is 2.67 bits per heavy atom. The molecule has 0 bridgehead atoms. The molecule has 2 heterocycles. The van der Waals surface area contributed by atoms with Crippen molar-refractivity contribution >= 4 is 5.97 Å². The van der Waals surface area contributed by atoms with Gasteiger partial charge in [-0.05, 0) is 37.8 Å². The second kappa shape index (κ2) is 10.1. The highest BCUT2D eigenvalue weighted by Crippen LogP contribution is 2.10. The number of methoxy groups -OCH3 is 1. The first-order chi connectivity index (χ1) is 12.9. The molecule has 0 radical (unpaired) electrons. The Kier molecular flexibility index (Phi) is 7.87. The molecule has 0 aliphatic heterocycles. The number of ether oxygens (including phenoxy) is 1. The number of hydrogen-bond donors (Lipinski definition) is 2. The van der Waals surface area contributed by atoms with Crippen LogP contribution in [-0.4, -0.2) is 37.9 Å². The molecule has 2 N–H and O–H groups in total. The Morgan fingerprint density at radius 1 is 1.26 bits per heavy atom. The third-order valence-electron chi connectivity index (χ3n) is 4.28. The molecule has 2 rings (SSSR count). The number of carbonyl (C=O) groups excluding carboxylic acids is 1. The van der Waals surface area contributed by atoms with Crippen molar-refractivity contribution < 1.29 is 14.6 Å². The van der Waals surface area contributed by atoms with Gasteiger partial charge in [-0.2, -0.15) is 0 Å². The van der Waals surface area contributed by atoms with Gasteiger partial charge in [0.15, 0.2) is 0 Å². The van der Waals surface area contributed by atoms with Crippen LogP contribution in [0.25, 0.3) is 0 Å². The lowest BCUT2D eigenvalue weighted by molar-refractivity contribution is 0.0600. The van der Waals surface area contributed by atoms with E-state index in [9.17, 15) is 9.90 Å². The minimum Gasteiger partial charge on any atom is -0.465 e. The van der Waals surface area contributed by atoms with Crippen molar-refractivity contribution in [2.75, 3.05) is 7.11 Å². The number of esters is 1. The molecular weight excluding hydrogens is 346 g/mol. The van der Waals surface area contributed by atoms with Crippen molar-refractivity contribution in [1.29, 1.82) is 0 Å². The van der Waals surface area contributed by atoms with Crippen LogP contribution in [0.3, 0.4) is 0 Å². The Morgan fingerprint density at radius 2 is 2.00 bits per heavy atom. The van der Waals surface area contributed by atoms with Gasteiger partial charge in [0.2, 0.25) is 0 Å². The molecule has 0 spiro atoms. The van der Waals surface area contributed by atoms with Crippen LogP contribution in [-0.2, 0) is 31.0 Å². The van der Waals surface area contributed by atoms with E-state index in [0.717, 1.165) is 24.6 Å². The molecule has 2 aromatic rings. The van der Waals surface area contributed by atoms with Gasteiger partial charge >= 0.3 is 5.97 Å². The standard InChI is InChI=1S/C19H29N5O3/c1-13(2)6-5-7-24-14(3)22-23-18(24)11-20-10-16-8-15(19(26)27-4)9-17(12-25)21-16/h8-9,13,20,25H,5-7,10-12H2,1-4H3. The molecular formula is C19H29N5O3. The minimum absolute atomic E-state index is 0.235. The molecule has 0 aliphatic rings. The molecule has 0 atom stereocenters. The quantitative estimate of drug-likeness (QED) is 0.612. The number of aryl methyl sites for hydroxylation is 1. The number of hydrogen-bond acceptors (Lipinski definition) is 7. The zero-order chi connectivity index (χ0) is 19.8. The van der Waals surface area contributed by atoms with Crippen LogP contribution in [0.2, 0.25) is 0 Å². The normalized spacial score (nSPS) is 11.2. The molecule has 0 unspecified atom stereocenters. The fourth-order valence-corrected chi connectivity index (χ4v) is 2.86. The first kappa shape index (κ1) is 21.0. The second-order valence-corrected chi connectivity index (χ2v) is 6.94. The van der Waals surface area contributed by atoms with E-state index in [1.807, 2.05) is 6.92 Å². The first-order valence-electron chi connectivity index (χ1n) is 9.23. The topological polar surface area (TPSA) is 102 Å². The Balaban J connectivity index is 1.99. The lowest BCUT2D eigenvalue weighted by Gasteiger charge is -2.11. The number of aliphatic hydroxyl groups is 1. The summed E-state index contributed by atoms with van der Waals surface area (Å²) in [4.78, 5) is 16.1. The molecule has 0 saturated heterocycles. The van der Waals surface area contributed by atoms with Gasteiger partial charge in [-0.15, -0.1) is 10.2 Å². The van der Waals surface area contributed by atoms with Crippen LogP contribution in [0.5, 0.6) is 0 Å². The van der Waals surface area contributed by atoms with Gasteiger partial charge in [0, 0.05) is 13.1 Å². The highest BCUT2D eigenvalue weighted by Gasteiger charge is 2.11. The summed E-state index contributed by atoms with van der Waals surface area (Å²) in [6.07, 6.45) is 2.25. The van der Waals surface area contributed by atoms with Crippen LogP contribution in [0.4, 0.5) is 0 Å². The number of aliphatic hydroxyl groups excluding tert-OH is 1. The predicted octanol–water partition coefficient (Wildman–Crippen LogP) is 1.99. The maximum absolute atomic E-state index is 11.8. The zero-order valence-electron chi connectivity index (χ0n) is 16.5. The van der Waals surface area contributed by atoms with Crippen molar-refractivity contribution in [2.24, 2.45) is 5.92 Å². The summed E-state index contributed by atoms with van der Waals surface area (Å²) in [7, 11) is 1.33. The van der Waals surface area contributed by atoms with Crippen LogP contribution in [0.1, 0.15) is 60.1 Å². The largest absolute Gasteiger partial charge is 0.465 e. The van der Waals surface area contributed by atoms with E-state index < -0.39 is 5.97 Å². The molecule has 8 heteroatoms. The number of rotatable bonds is 10. The van der Waals surface area contributed by atoms with Crippen molar-refractivity contribution in [2.45, 2.75) is 59.9 Å². The zero-order valence-corrected chi connectivity index (χ0v) is 16.5. The highest BCUT2D eigenvalue weighted by atomic mass is 16.5. The fourth-order valence-electron chi connectivity index (χ4n) is 2.86. The molecule has 0 aromatic carbocycles. The van der Waals surface area contributed by atoms with Gasteiger partial charge in [-0.3, -0.25) is 4.98 Å². The minimum atomic E-state index is -0.450. The van der Waals surface area contributed by atoms with Crippen molar-refractivity contribution in [3.8, 4) is 0 Å². The molecule has 0 amide bonds. The van der Waals surface area contributed by atoms with Crippen LogP contribution >= 0.6 is 0 Å². The number of carbonyl (C=O) groups is 1. The third kappa shape index (κ3) is 6.11. The van der Waals surface area contributed by atoms with Gasteiger partial charge in [0.25, 0.3) is 0 Å². The van der Waals surface area contributed by atoms with E-state index in [1.54, 1.807) is 6.07 Å². The summed E-state index contributed by atoms with van der Waals surface area (Å²) in [5, 5.41) is 21.1. The van der Waals surface area contributed by atoms with E-state index in [-0.39, 0.29) is 6.61 Å². The van der Waals surface area contributed by atoms with Crippen molar-refractivity contribution in [3.63, 3.8) is 0 Å². The molecule has 2 aromatic heterocycles. The maximum atomic E-state index is 11.8. The molecule has 27 heavy (non-hydrogen) atoms. The van der Waals surface area contributed by atoms with Crippen molar-refractivity contribution in [1.82, 2.24) is 25.1 Å². The van der Waals surface area contributed by atoms with E-state index in [1.165, 1.54) is 19.6 Å². The third-order valence-corrected chi connectivity index (χ3v) is 4.28. The first-order valence-corrected chi connectivity index (χ1v) is 9.23. The Hall–Kier alpha value is -2.32. The Bertz CT molecular complexity index is 758. The number of nitrogens with one attached hydrogen (secondary N) is 1. The predicted molar refractivity (Wildman–Crippen MR) is 101 cm³/mol. The highest BCUT2D eigenvalue weighted by molar-refractivity contribution is 5.89. The monoisotopic (exact) mass is 375 g/mol. The second-order valence-electron chi connectivity index (χ2n) is 6.94. The molecule has 0 aliphatic carbocycles. The summed E-state index contributed by atoms with van der Waals surface area (Å²) in [5.74, 6) is 2.01. The summed E-state index contributed by atoms with van der Waals surface area (Å²) < 4.78 is 6.88. The Labute approximate surface area is 160 Å². The van der Waals surface area contributed by atoms with Crippen molar-refractivity contribution in [3.05, 3.63) is 40.7 Å². The number of nitrogens with zero attached hydrogens (tertiary/aromatic N) is 4. The molecule has 8 nitrogen and oxygen atoms in total. The lowest BCUT2D eigenvalue weighted by Crippen LogP contribution is -2.19. The summed E-state index contributed by atoms with van der Waals surface area (Å²) in [6.45, 7) is 8.05. The number of aromatic nitrogens is 4. The summed E-state index contributed by atoms with van der Waals surface area (Å²) >= 11 is 0. The van der Waals surface area contributed by atoms with Gasteiger partial charge in [-0.1, -0.05) is 13.8 Å². The van der Waals surface area contributed by atoms with Gasteiger partial charge in [-0.25, -0.2) is 4.79 Å². The van der Waals surface area contributed by atoms with E-state index in [2.05, 4.69) is 38.9 Å². The van der Waals surface area contributed by atoms with Crippen LogP contribution in [0.15, 0.2) is 12.1 Å². The average molecular weight is 375 g/mol. The number of pyridine rings is 1. The van der Waals surface area contributed by atoms with Gasteiger partial charge < -0.3 is 19.7 Å². The SMILES string of the molecule is COC(=O)c1cc(CO)nc(CNCc2nnc(C)n2CCCC(C)C)c1. The smallest absolute Gasteiger partial charge is 0.337 e. The summed E-state index contributed by atoms with van der Waals surface area (Å²) in [5.41, 5.74) is 1.47. The maximum Gasteiger partial charge on any atom is 0.337 e. The van der Waals surface area contributed by atoms with Gasteiger partial charge in [0.1, 0.15) is 11.6 Å². The van der Waals surface area contributed by atoms with Gasteiger partial charge in [0.05, 0.1) is 37.2 Å². The van der Waals surface area contributed by atoms with Crippen LogP contribution < -0.4 is 5.32 Å². The summed E-state index contributed by atoms with van der Waals surface area (Å²) in [6, 6.07) is 3.20. The molecule has 0 fully saturated rings. The average Bonchev–Trinajstić information content (AvgIpc) is 3.00. The van der Waals surface area contributed by atoms with E-state index in [4.69, 9.17) is 4.74 Å². The van der Waals surface area contributed by atoms with Crippen LogP contribution in [0, 0.1) is 12.8 Å². The molecule has 0 saturated carbocycles. The molecule has 148 valence electrons. The lowest BCUT2D eigenvalue weighted by atomic mass is 10.1. The van der Waals surface area contributed by atoms with E-state index >= 15 is 0 Å².